The van der Waals surface area contributed by atoms with Crippen LogP contribution in [0, 0.1) is 20.8 Å². The summed E-state index contributed by atoms with van der Waals surface area (Å²) < 4.78 is 17.9. The second kappa shape index (κ2) is 8.84. The minimum atomic E-state index is -0.604. The summed E-state index contributed by atoms with van der Waals surface area (Å²) in [5, 5.41) is 8.47. The molecule has 2 aromatic heterocycles. The summed E-state index contributed by atoms with van der Waals surface area (Å²) in [4.78, 5) is 17.1. The molecule has 0 radical (unpaired) electrons. The molecule has 164 valence electrons. The van der Waals surface area contributed by atoms with Crippen LogP contribution in [0.15, 0.2) is 46.9 Å². The van der Waals surface area contributed by atoms with Gasteiger partial charge in [0.1, 0.15) is 23.8 Å². The Kier molecular flexibility index (Phi) is 5.96. The average Bonchev–Trinajstić information content (AvgIpc) is 3.34. The third kappa shape index (κ3) is 4.09. The first kappa shape index (κ1) is 21.6. The number of methoxy groups -OCH3 is 1. The molecule has 2 heterocycles. The van der Waals surface area contributed by atoms with Crippen molar-refractivity contribution in [2.75, 3.05) is 7.11 Å². The molecule has 0 aliphatic carbocycles. The molecular weight excluding hydrogens is 432 g/mol. The molecule has 4 aromatic rings. The Morgan fingerprint density at radius 1 is 1.16 bits per heavy atom. The molecule has 0 amide bonds. The number of aryl methyl sites for hydroxylation is 2. The zero-order valence-corrected chi connectivity index (χ0v) is 18.8. The third-order valence-electron chi connectivity index (χ3n) is 5.08. The summed E-state index contributed by atoms with van der Waals surface area (Å²) in [6.45, 7) is 5.45. The lowest BCUT2D eigenvalue weighted by Gasteiger charge is -2.07. The molecule has 0 aliphatic heterocycles. The van der Waals surface area contributed by atoms with Crippen LogP contribution in [0.5, 0.6) is 5.75 Å². The van der Waals surface area contributed by atoms with Gasteiger partial charge in [0, 0.05) is 5.56 Å². The minimum Gasteiger partial charge on any atom is -0.495 e. The van der Waals surface area contributed by atoms with Gasteiger partial charge in [-0.2, -0.15) is 0 Å². The quantitative estimate of drug-likeness (QED) is 0.385. The first-order chi connectivity index (χ1) is 15.4. The van der Waals surface area contributed by atoms with Crippen LogP contribution in [0.4, 0.5) is 0 Å². The number of hydrogen-bond donors (Lipinski definition) is 0. The number of nitrogens with zero attached hydrogens (tertiary/aromatic N) is 4. The lowest BCUT2D eigenvalue weighted by Crippen LogP contribution is -2.09. The topological polar surface area (TPSA) is 92.3 Å². The van der Waals surface area contributed by atoms with Crippen LogP contribution in [0.25, 0.3) is 17.1 Å². The van der Waals surface area contributed by atoms with Crippen molar-refractivity contribution in [1.29, 1.82) is 0 Å². The maximum absolute atomic E-state index is 12.7. The van der Waals surface area contributed by atoms with E-state index in [-0.39, 0.29) is 12.3 Å². The molecule has 0 aliphatic rings. The summed E-state index contributed by atoms with van der Waals surface area (Å²) in [5.41, 5.74) is 3.76. The summed E-state index contributed by atoms with van der Waals surface area (Å²) in [6.07, 6.45) is 0. The van der Waals surface area contributed by atoms with E-state index in [9.17, 15) is 4.79 Å². The largest absolute Gasteiger partial charge is 0.495 e. The molecule has 32 heavy (non-hydrogen) atoms. The van der Waals surface area contributed by atoms with E-state index >= 15 is 0 Å². The highest BCUT2D eigenvalue weighted by molar-refractivity contribution is 6.32. The molecule has 0 bridgehead atoms. The molecule has 0 unspecified atom stereocenters. The summed E-state index contributed by atoms with van der Waals surface area (Å²) in [7, 11) is 1.54. The lowest BCUT2D eigenvalue weighted by atomic mass is 10.1. The first-order valence-electron chi connectivity index (χ1n) is 9.84. The number of benzene rings is 2. The predicted octanol–water partition coefficient (Wildman–Crippen LogP) is 4.87. The smallest absolute Gasteiger partial charge is 0.361 e. The highest BCUT2D eigenvalue weighted by Gasteiger charge is 2.21. The van der Waals surface area contributed by atoms with Gasteiger partial charge in [-0.25, -0.2) is 14.5 Å². The van der Waals surface area contributed by atoms with Crippen LogP contribution in [0.3, 0.4) is 0 Å². The van der Waals surface area contributed by atoms with Crippen molar-refractivity contribution < 1.29 is 18.7 Å². The Balaban J connectivity index is 1.50. The van der Waals surface area contributed by atoms with Gasteiger partial charge in [0.25, 0.3) is 0 Å². The molecule has 0 N–H and O–H groups in total. The normalized spacial score (nSPS) is 10.9. The molecule has 0 saturated heterocycles. The van der Waals surface area contributed by atoms with Crippen LogP contribution >= 0.6 is 11.6 Å². The fourth-order valence-corrected chi connectivity index (χ4v) is 3.49. The highest BCUT2D eigenvalue weighted by Crippen LogP contribution is 2.28. The SMILES string of the molecule is COc1ccc(-n2nnc(C(=O)OCc3nc(-c4ccccc4C)oc3C)c2C)cc1Cl. The van der Waals surface area contributed by atoms with Gasteiger partial charge < -0.3 is 13.9 Å². The van der Waals surface area contributed by atoms with Gasteiger partial charge in [-0.15, -0.1) is 5.10 Å². The predicted molar refractivity (Wildman–Crippen MR) is 118 cm³/mol. The third-order valence-corrected chi connectivity index (χ3v) is 5.37. The van der Waals surface area contributed by atoms with E-state index in [2.05, 4.69) is 15.3 Å². The van der Waals surface area contributed by atoms with Gasteiger partial charge >= 0.3 is 5.97 Å². The number of oxazole rings is 1. The van der Waals surface area contributed by atoms with Crippen molar-refractivity contribution in [2.24, 2.45) is 0 Å². The Morgan fingerprint density at radius 3 is 2.66 bits per heavy atom. The number of hydrogen-bond acceptors (Lipinski definition) is 7. The number of halogens is 1. The number of carbonyl (C=O) groups excluding carboxylic acids is 1. The monoisotopic (exact) mass is 452 g/mol. The van der Waals surface area contributed by atoms with Gasteiger partial charge in [0.15, 0.2) is 5.69 Å². The van der Waals surface area contributed by atoms with Crippen molar-refractivity contribution in [3.8, 4) is 22.9 Å². The molecule has 0 atom stereocenters. The molecule has 8 nitrogen and oxygen atoms in total. The van der Waals surface area contributed by atoms with Crippen LogP contribution in [-0.4, -0.2) is 33.1 Å². The maximum atomic E-state index is 12.7. The number of carbonyl (C=O) groups is 1. The number of esters is 1. The van der Waals surface area contributed by atoms with Crippen molar-refractivity contribution in [1.82, 2.24) is 20.0 Å². The fraction of sp³-hybridized carbons (Fsp3) is 0.217. The summed E-state index contributed by atoms with van der Waals surface area (Å²) in [6, 6.07) is 13.0. The zero-order valence-electron chi connectivity index (χ0n) is 18.0. The van der Waals surface area contributed by atoms with E-state index in [1.807, 2.05) is 31.2 Å². The zero-order chi connectivity index (χ0) is 22.8. The van der Waals surface area contributed by atoms with E-state index in [0.717, 1.165) is 11.1 Å². The summed E-state index contributed by atoms with van der Waals surface area (Å²) >= 11 is 6.20. The van der Waals surface area contributed by atoms with Gasteiger partial charge in [0.05, 0.1) is 23.5 Å². The van der Waals surface area contributed by atoms with Gasteiger partial charge in [-0.05, 0) is 50.6 Å². The van der Waals surface area contributed by atoms with Crippen molar-refractivity contribution in [2.45, 2.75) is 27.4 Å². The molecule has 4 rings (SSSR count). The van der Waals surface area contributed by atoms with E-state index in [1.165, 1.54) is 11.8 Å². The minimum absolute atomic E-state index is 0.0410. The van der Waals surface area contributed by atoms with Crippen molar-refractivity contribution in [3.63, 3.8) is 0 Å². The number of aromatic nitrogens is 4. The molecule has 2 aromatic carbocycles. The second-order valence-electron chi connectivity index (χ2n) is 7.17. The van der Waals surface area contributed by atoms with E-state index in [1.54, 1.807) is 32.0 Å². The molecular formula is C23H21ClN4O4. The number of rotatable bonds is 6. The van der Waals surface area contributed by atoms with Crippen molar-refractivity contribution in [3.05, 3.63) is 75.9 Å². The maximum Gasteiger partial charge on any atom is 0.361 e. The molecule has 9 heteroatoms. The van der Waals surface area contributed by atoms with Crippen LogP contribution in [-0.2, 0) is 11.3 Å². The summed E-state index contributed by atoms with van der Waals surface area (Å²) in [5.74, 6) is 1.02. The standard InChI is InChI=1S/C23H21ClN4O4/c1-13-7-5-6-8-17(13)22-25-19(15(3)32-22)12-31-23(29)21-14(2)28(27-26-21)16-9-10-20(30-4)18(24)11-16/h5-11H,12H2,1-4H3. The Hall–Kier alpha value is -3.65. The molecule has 0 saturated carbocycles. The molecule has 0 spiro atoms. The lowest BCUT2D eigenvalue weighted by molar-refractivity contribution is 0.0459. The van der Waals surface area contributed by atoms with E-state index < -0.39 is 5.97 Å². The highest BCUT2D eigenvalue weighted by atomic mass is 35.5. The Bertz CT molecular complexity index is 1300. The van der Waals surface area contributed by atoms with Gasteiger partial charge in [-0.3, -0.25) is 0 Å². The van der Waals surface area contributed by atoms with E-state index in [4.69, 9.17) is 25.5 Å². The second-order valence-corrected chi connectivity index (χ2v) is 7.57. The van der Waals surface area contributed by atoms with Crippen LogP contribution in [0.1, 0.15) is 33.2 Å². The van der Waals surface area contributed by atoms with Crippen molar-refractivity contribution >= 4 is 17.6 Å². The Labute approximate surface area is 189 Å². The number of ether oxygens (including phenoxy) is 2. The van der Waals surface area contributed by atoms with Crippen LogP contribution < -0.4 is 4.74 Å². The average molecular weight is 453 g/mol. The molecule has 0 fully saturated rings. The van der Waals surface area contributed by atoms with Gasteiger partial charge in [0.2, 0.25) is 5.89 Å². The van der Waals surface area contributed by atoms with Crippen LogP contribution in [0.2, 0.25) is 5.02 Å². The van der Waals surface area contributed by atoms with Gasteiger partial charge in [-0.1, -0.05) is 35.0 Å². The first-order valence-corrected chi connectivity index (χ1v) is 10.2. The Morgan fingerprint density at radius 2 is 1.94 bits per heavy atom. The van der Waals surface area contributed by atoms with E-state index in [0.29, 0.717) is 39.5 Å². The fourth-order valence-electron chi connectivity index (χ4n) is 3.24.